The van der Waals surface area contributed by atoms with Crippen molar-refractivity contribution in [2.75, 3.05) is 24.7 Å². The van der Waals surface area contributed by atoms with Crippen molar-refractivity contribution in [1.29, 1.82) is 0 Å². The Hall–Kier alpha value is -6.83. The van der Waals surface area contributed by atoms with Gasteiger partial charge in [0.15, 0.2) is 11.6 Å². The van der Waals surface area contributed by atoms with Gasteiger partial charge < -0.3 is 10.1 Å². The van der Waals surface area contributed by atoms with Crippen LogP contribution in [0, 0.1) is 47.5 Å². The van der Waals surface area contributed by atoms with Gasteiger partial charge in [-0.1, -0.05) is 26.0 Å². The Bertz CT molecular complexity index is 2070. The molecule has 3 atom stereocenters. The number of pyridine rings is 3. The molecule has 4 aliphatic rings. The van der Waals surface area contributed by atoms with E-state index in [4.69, 9.17) is 4.74 Å². The molecule has 0 spiro atoms. The fourth-order valence-electron chi connectivity index (χ4n) is 4.40. The number of nitrogens with one attached hydrogen (secondary N) is 1. The Morgan fingerprint density at radius 3 is 1.53 bits per heavy atom. The van der Waals surface area contributed by atoms with Crippen molar-refractivity contribution in [3.63, 3.8) is 0 Å². The highest BCUT2D eigenvalue weighted by Crippen LogP contribution is 2.22. The number of aliphatic imine (C=N–C) groups is 1. The van der Waals surface area contributed by atoms with Crippen molar-refractivity contribution in [3.05, 3.63) is 163 Å². The minimum Gasteiger partial charge on any atom is -0.373 e. The van der Waals surface area contributed by atoms with Crippen LogP contribution in [0.15, 0.2) is 138 Å². The summed E-state index contributed by atoms with van der Waals surface area (Å²) in [4.78, 5) is 64.7. The van der Waals surface area contributed by atoms with Gasteiger partial charge in [-0.25, -0.2) is 14.4 Å². The summed E-state index contributed by atoms with van der Waals surface area (Å²) in [7, 11) is 0. The van der Waals surface area contributed by atoms with E-state index in [-0.39, 0.29) is 29.4 Å². The number of aryl methyl sites for hydroxylation is 6. The zero-order chi connectivity index (χ0) is 51.8. The lowest BCUT2D eigenvalue weighted by atomic mass is 10.1. The molecule has 0 aromatic carbocycles. The highest BCUT2D eigenvalue weighted by molar-refractivity contribution is 8.01. The molecule has 0 radical (unpaired) electrons. The lowest BCUT2D eigenvalue weighted by molar-refractivity contribution is -0.120. The summed E-state index contributed by atoms with van der Waals surface area (Å²) in [5.74, 6) is 2.26. The molecule has 2 fully saturated rings. The number of ketones is 3. The Balaban J connectivity index is 0.000000389. The van der Waals surface area contributed by atoms with Gasteiger partial charge in [-0.05, 0) is 139 Å². The second-order valence-electron chi connectivity index (χ2n) is 15.2. The van der Waals surface area contributed by atoms with Crippen LogP contribution in [0.4, 0.5) is 0 Å². The van der Waals surface area contributed by atoms with Crippen molar-refractivity contribution in [3.8, 4) is 0 Å². The number of thioether (sulfide) groups is 1. The number of hydrogen-bond donors (Lipinski definition) is 1. The fourth-order valence-corrected chi connectivity index (χ4v) is 5.98. The Morgan fingerprint density at radius 2 is 1.30 bits per heavy atom. The maximum Gasteiger partial charge on any atom is 0.249 e. The van der Waals surface area contributed by atoms with Crippen molar-refractivity contribution in [2.24, 2.45) is 15.3 Å². The van der Waals surface area contributed by atoms with E-state index in [0.717, 1.165) is 34.8 Å². The van der Waals surface area contributed by atoms with Crippen LogP contribution < -0.4 is 5.32 Å². The average molecular weight is 991 g/mol. The minimum absolute atomic E-state index is 0.0139. The Morgan fingerprint density at radius 1 is 0.614 bits per heavy atom. The Labute approximate surface area is 421 Å². The molecule has 70 heavy (non-hydrogen) atoms. The molecule has 10 heterocycles. The van der Waals surface area contributed by atoms with Gasteiger partial charge in [0.05, 0.1) is 42.1 Å². The van der Waals surface area contributed by atoms with E-state index in [1.807, 2.05) is 121 Å². The smallest absolute Gasteiger partial charge is 0.249 e. The molecule has 3 unspecified atom stereocenters. The number of Topliss-reactive ketones (excluding diaryl/α,β-unsaturated/α-hetero) is 3. The molecule has 6 aromatic rings. The van der Waals surface area contributed by atoms with Gasteiger partial charge in [0.25, 0.3) is 0 Å². The molecular formula is C51H66N12O5S2. The van der Waals surface area contributed by atoms with Crippen molar-refractivity contribution >= 4 is 59.0 Å². The first-order valence-corrected chi connectivity index (χ1v) is 24.1. The zero-order valence-electron chi connectivity index (χ0n) is 41.7. The van der Waals surface area contributed by atoms with Crippen LogP contribution >= 0.6 is 23.7 Å². The first-order chi connectivity index (χ1) is 33.6. The van der Waals surface area contributed by atoms with Crippen molar-refractivity contribution in [1.82, 2.24) is 50.6 Å². The van der Waals surface area contributed by atoms with Crippen LogP contribution in [0.2, 0.25) is 0 Å². The van der Waals surface area contributed by atoms with Crippen LogP contribution in [-0.2, 0) is 23.9 Å². The minimum atomic E-state index is -0.167. The normalized spacial score (nSPS) is 16.4. The van der Waals surface area contributed by atoms with E-state index in [9.17, 15) is 19.2 Å². The fraction of sp³-hybridized carbons (Fsp3) is 0.353. The van der Waals surface area contributed by atoms with Crippen molar-refractivity contribution in [2.45, 2.75) is 86.9 Å². The number of rotatable bonds is 0. The Kier molecular flexibility index (Phi) is 34.1. The van der Waals surface area contributed by atoms with E-state index in [2.05, 4.69) is 66.9 Å². The predicted molar refractivity (Wildman–Crippen MR) is 280 cm³/mol. The number of carbonyl (C=O) groups is 4. The summed E-state index contributed by atoms with van der Waals surface area (Å²) in [6, 6.07) is 21.1. The first-order valence-electron chi connectivity index (χ1n) is 22.1. The van der Waals surface area contributed by atoms with Gasteiger partial charge in [0.1, 0.15) is 24.8 Å². The first kappa shape index (κ1) is 61.2. The summed E-state index contributed by atoms with van der Waals surface area (Å²) in [6.07, 6.45) is 19.5. The molecule has 1 N–H and O–H groups in total. The third-order valence-corrected chi connectivity index (χ3v) is 10.5. The zero-order valence-corrected chi connectivity index (χ0v) is 43.4. The van der Waals surface area contributed by atoms with Gasteiger partial charge in [-0.2, -0.15) is 32.2 Å². The van der Waals surface area contributed by atoms with Crippen LogP contribution in [0.1, 0.15) is 67.9 Å². The molecule has 372 valence electrons. The van der Waals surface area contributed by atoms with Crippen LogP contribution in [0.5, 0.6) is 0 Å². The van der Waals surface area contributed by atoms with E-state index in [1.165, 1.54) is 35.7 Å². The summed E-state index contributed by atoms with van der Waals surface area (Å²) < 4.78 is 8.62. The molecule has 4 aliphatic heterocycles. The van der Waals surface area contributed by atoms with E-state index in [0.29, 0.717) is 35.7 Å². The number of nitrogens with zero attached hydrogens (tertiary/aromatic N) is 11. The van der Waals surface area contributed by atoms with Crippen LogP contribution in [0.3, 0.4) is 0 Å². The molecule has 0 aliphatic carbocycles. The maximum absolute atomic E-state index is 10.4. The number of aromatic nitrogens is 9. The summed E-state index contributed by atoms with van der Waals surface area (Å²) in [5, 5.41) is 17.6. The third kappa shape index (κ3) is 34.5. The highest BCUT2D eigenvalue weighted by Gasteiger charge is 2.19. The summed E-state index contributed by atoms with van der Waals surface area (Å²) in [5.41, 5.74) is 7.32. The van der Waals surface area contributed by atoms with Gasteiger partial charge in [-0.15, -0.1) is 0 Å². The molecular weight excluding hydrogens is 925 g/mol. The lowest BCUT2D eigenvalue weighted by Gasteiger charge is -1.89. The quantitative estimate of drug-likeness (QED) is 0.142. The standard InChI is InChI=1S/3C6H7N.3C5H6N2.C5H8O2.C5H8OS.C4H6N2O.C4H5NOS/c1-6-2-4-7-5-3-6;1-6-3-2-4-7-5-6;1-6-4-2-3-5-7-6;1-5-2-3-6-4-7-5;1-5-2-3-6-7-4-5;1-5-3-2-4-6-7-5;1-4-2-7-3-5(4)6;1-4-2-5(6)3-7-4;1-3-4(7)6-2-5-3;1-3-4(6)2-7-5-3/h3*2-5H,1H3;3*2-4H,1H3;2*4H,2-3H2,1H3;2-3H,1H3,(H,5,6,7);2H2,1H3. The third-order valence-electron chi connectivity index (χ3n) is 8.53. The SMILES string of the molecule is CC1=NSCC1=O.CC1CC(=O)CS1.CC1COCC1=O.CC1N=CNC1=O.Cc1ccccn1.Cc1cccnc1.Cc1cccnn1.Cc1ccncc1.Cc1ccncn1.Cc1ccnnc1. The second kappa shape index (κ2) is 39.1. The van der Waals surface area contributed by atoms with Gasteiger partial charge >= 0.3 is 0 Å². The van der Waals surface area contributed by atoms with Gasteiger partial charge in [0, 0.05) is 78.6 Å². The van der Waals surface area contributed by atoms with E-state index in [1.54, 1.807) is 75.2 Å². The molecule has 17 nitrogen and oxygen atoms in total. The topological polar surface area (TPSA) is 230 Å². The van der Waals surface area contributed by atoms with E-state index < -0.39 is 0 Å². The van der Waals surface area contributed by atoms with Gasteiger partial charge in [-0.3, -0.25) is 39.1 Å². The summed E-state index contributed by atoms with van der Waals surface area (Å²) >= 11 is 3.08. The largest absolute Gasteiger partial charge is 0.373 e. The second-order valence-corrected chi connectivity index (χ2v) is 17.4. The summed E-state index contributed by atoms with van der Waals surface area (Å²) in [6.45, 7) is 20.3. The average Bonchev–Trinajstić information content (AvgIpc) is 4.15. The van der Waals surface area contributed by atoms with E-state index >= 15 is 0 Å². The molecule has 10 rings (SSSR count). The molecule has 0 saturated carbocycles. The van der Waals surface area contributed by atoms with Crippen LogP contribution in [-0.4, -0.2) is 117 Å². The molecule has 1 amide bonds. The number of hydrogen-bond acceptors (Lipinski definition) is 18. The predicted octanol–water partition coefficient (Wildman–Crippen LogP) is 8.04. The molecule has 2 saturated heterocycles. The molecule has 19 heteroatoms. The maximum atomic E-state index is 10.4. The lowest BCUT2D eigenvalue weighted by Crippen LogP contribution is -2.21. The number of ether oxygens (including phenoxy) is 1. The number of amides is 1. The highest BCUT2D eigenvalue weighted by atomic mass is 32.2. The van der Waals surface area contributed by atoms with Gasteiger partial charge in [0.2, 0.25) is 5.91 Å². The monoisotopic (exact) mass is 990 g/mol. The molecule has 0 bridgehead atoms. The van der Waals surface area contributed by atoms with Crippen LogP contribution in [0.25, 0.3) is 0 Å². The number of carbonyl (C=O) groups excluding carboxylic acids is 4. The van der Waals surface area contributed by atoms with Crippen molar-refractivity contribution < 1.29 is 23.9 Å². The molecule has 6 aromatic heterocycles.